The number of piperidine rings is 1. The van der Waals surface area contributed by atoms with Crippen molar-refractivity contribution in [2.75, 3.05) is 18.0 Å². The van der Waals surface area contributed by atoms with Gasteiger partial charge in [-0.25, -0.2) is 9.83 Å². The summed E-state index contributed by atoms with van der Waals surface area (Å²) in [6.07, 6.45) is 2.18. The van der Waals surface area contributed by atoms with Gasteiger partial charge in [0.25, 0.3) is 0 Å². The van der Waals surface area contributed by atoms with E-state index < -0.39 is 0 Å². The van der Waals surface area contributed by atoms with Crippen LogP contribution >= 0.6 is 0 Å². The predicted molar refractivity (Wildman–Crippen MR) is 101 cm³/mol. The highest BCUT2D eigenvalue weighted by Crippen LogP contribution is 2.26. The number of hydrogen-bond donors (Lipinski definition) is 1. The van der Waals surface area contributed by atoms with Crippen molar-refractivity contribution in [2.45, 2.75) is 25.4 Å². The van der Waals surface area contributed by atoms with E-state index in [-0.39, 0.29) is 6.04 Å². The summed E-state index contributed by atoms with van der Waals surface area (Å²) >= 11 is 0. The number of aromatic nitrogens is 2. The topological polar surface area (TPSA) is 51.4 Å². The first kappa shape index (κ1) is 15.7. The molecule has 1 aliphatic rings. The fourth-order valence-corrected chi connectivity index (χ4v) is 3.51. The van der Waals surface area contributed by atoms with E-state index >= 15 is 0 Å². The highest BCUT2D eigenvalue weighted by molar-refractivity contribution is 5.79. The molecule has 0 unspecified atom stereocenters. The van der Waals surface area contributed by atoms with Crippen LogP contribution in [0.25, 0.3) is 15.9 Å². The Morgan fingerprint density at radius 3 is 2.72 bits per heavy atom. The van der Waals surface area contributed by atoms with Crippen molar-refractivity contribution in [3.8, 4) is 0 Å². The normalized spacial score (nSPS) is 17.6. The number of para-hydroxylation sites is 2. The van der Waals surface area contributed by atoms with E-state index in [0.29, 0.717) is 5.69 Å². The van der Waals surface area contributed by atoms with E-state index in [1.54, 1.807) is 0 Å². The molecular weight excluding hydrogens is 310 g/mol. The molecule has 0 bridgehead atoms. The van der Waals surface area contributed by atoms with Crippen LogP contribution in [0.1, 0.15) is 18.4 Å². The highest BCUT2D eigenvalue weighted by atomic mass is 15.3. The second-order valence-corrected chi connectivity index (χ2v) is 6.61. The van der Waals surface area contributed by atoms with E-state index in [2.05, 4.69) is 26.4 Å². The molecule has 3 aromatic rings. The third-order valence-electron chi connectivity index (χ3n) is 4.78. The van der Waals surface area contributed by atoms with Gasteiger partial charge in [0.05, 0.1) is 24.2 Å². The first-order valence-corrected chi connectivity index (χ1v) is 8.67. The van der Waals surface area contributed by atoms with Crippen molar-refractivity contribution in [2.24, 2.45) is 5.73 Å². The summed E-state index contributed by atoms with van der Waals surface area (Å²) in [6, 6.07) is 16.2. The van der Waals surface area contributed by atoms with Gasteiger partial charge in [0.1, 0.15) is 0 Å². The SMILES string of the molecule is [C-]#[N+]c1ccc(Cn2c(N3CCC[C@H](N)C3)nc3ccccc32)cc1. The van der Waals surface area contributed by atoms with Crippen molar-refractivity contribution in [1.29, 1.82) is 0 Å². The third kappa shape index (κ3) is 3.09. The molecule has 2 heterocycles. The Bertz CT molecular complexity index is 919. The molecule has 1 atom stereocenters. The van der Waals surface area contributed by atoms with E-state index in [4.69, 9.17) is 17.3 Å². The minimum atomic E-state index is 0.208. The first-order valence-electron chi connectivity index (χ1n) is 8.67. The van der Waals surface area contributed by atoms with Crippen molar-refractivity contribution >= 4 is 22.7 Å². The lowest BCUT2D eigenvalue weighted by Gasteiger charge is -2.32. The summed E-state index contributed by atoms with van der Waals surface area (Å²) in [6.45, 7) is 9.67. The van der Waals surface area contributed by atoms with Crippen LogP contribution in [-0.4, -0.2) is 28.7 Å². The van der Waals surface area contributed by atoms with Crippen LogP contribution in [0.15, 0.2) is 48.5 Å². The van der Waals surface area contributed by atoms with Gasteiger partial charge in [-0.15, -0.1) is 0 Å². The number of hydrogen-bond acceptors (Lipinski definition) is 3. The molecular formula is C20H21N5. The quantitative estimate of drug-likeness (QED) is 0.747. The Morgan fingerprint density at radius 1 is 1.16 bits per heavy atom. The maximum atomic E-state index is 7.10. The number of nitrogens with two attached hydrogens (primary N) is 1. The lowest BCUT2D eigenvalue weighted by atomic mass is 10.1. The maximum absolute atomic E-state index is 7.10. The fraction of sp³-hybridized carbons (Fsp3) is 0.300. The molecule has 5 nitrogen and oxygen atoms in total. The monoisotopic (exact) mass is 331 g/mol. The van der Waals surface area contributed by atoms with Crippen molar-refractivity contribution in [3.05, 3.63) is 65.5 Å². The number of rotatable bonds is 3. The van der Waals surface area contributed by atoms with Crippen LogP contribution in [0.5, 0.6) is 0 Å². The Kier molecular flexibility index (Phi) is 4.12. The second kappa shape index (κ2) is 6.58. The average Bonchev–Trinajstić information content (AvgIpc) is 3.01. The lowest BCUT2D eigenvalue weighted by molar-refractivity contribution is 0.495. The average molecular weight is 331 g/mol. The second-order valence-electron chi connectivity index (χ2n) is 6.61. The fourth-order valence-electron chi connectivity index (χ4n) is 3.51. The molecule has 0 aliphatic carbocycles. The van der Waals surface area contributed by atoms with Crippen LogP contribution < -0.4 is 10.6 Å². The number of benzene rings is 2. The van der Waals surface area contributed by atoms with Gasteiger partial charge in [0.2, 0.25) is 5.95 Å². The summed E-state index contributed by atoms with van der Waals surface area (Å²) in [7, 11) is 0. The van der Waals surface area contributed by atoms with Crippen LogP contribution in [0.3, 0.4) is 0 Å². The van der Waals surface area contributed by atoms with E-state index in [1.165, 1.54) is 0 Å². The molecule has 1 saturated heterocycles. The van der Waals surface area contributed by atoms with Gasteiger partial charge in [0, 0.05) is 19.1 Å². The zero-order chi connectivity index (χ0) is 17.2. The maximum Gasteiger partial charge on any atom is 0.206 e. The summed E-state index contributed by atoms with van der Waals surface area (Å²) in [5.74, 6) is 0.991. The Hall–Kier alpha value is -2.84. The molecule has 126 valence electrons. The molecule has 25 heavy (non-hydrogen) atoms. The van der Waals surface area contributed by atoms with Gasteiger partial charge in [-0.05, 0) is 30.5 Å². The minimum absolute atomic E-state index is 0.208. The van der Waals surface area contributed by atoms with Gasteiger partial charge in [0.15, 0.2) is 5.69 Å². The molecule has 1 aromatic heterocycles. The molecule has 0 amide bonds. The first-order chi connectivity index (χ1) is 12.2. The standard InChI is InChI=1S/C20H21N5/c1-22-17-10-8-15(9-11-17)13-25-19-7-3-2-6-18(19)23-20(25)24-12-4-5-16(21)14-24/h2-3,6-11,16H,4-5,12-14,21H2/t16-/m0/s1. The van der Waals surface area contributed by atoms with Crippen molar-refractivity contribution < 1.29 is 0 Å². The predicted octanol–water partition coefficient (Wildman–Crippen LogP) is 3.56. The van der Waals surface area contributed by atoms with Crippen LogP contribution in [0.2, 0.25) is 0 Å². The van der Waals surface area contributed by atoms with Gasteiger partial charge in [-0.1, -0.05) is 36.4 Å². The van der Waals surface area contributed by atoms with Gasteiger partial charge < -0.3 is 15.2 Å². The van der Waals surface area contributed by atoms with E-state index in [9.17, 15) is 0 Å². The Labute approximate surface area is 147 Å². The lowest BCUT2D eigenvalue weighted by Crippen LogP contribution is -2.44. The Balaban J connectivity index is 1.74. The molecule has 1 fully saturated rings. The molecule has 1 aliphatic heterocycles. The summed E-state index contributed by atoms with van der Waals surface area (Å²) in [4.78, 5) is 10.7. The smallest absolute Gasteiger partial charge is 0.206 e. The molecule has 0 spiro atoms. The largest absolute Gasteiger partial charge is 0.341 e. The third-order valence-corrected chi connectivity index (χ3v) is 4.78. The zero-order valence-corrected chi connectivity index (χ0v) is 14.1. The van der Waals surface area contributed by atoms with Crippen LogP contribution in [0.4, 0.5) is 11.6 Å². The molecule has 0 radical (unpaired) electrons. The van der Waals surface area contributed by atoms with E-state index in [1.807, 2.05) is 36.4 Å². The summed E-state index contributed by atoms with van der Waals surface area (Å²) < 4.78 is 2.26. The minimum Gasteiger partial charge on any atom is -0.341 e. The molecule has 2 aromatic carbocycles. The van der Waals surface area contributed by atoms with Gasteiger partial charge in [-0.2, -0.15) is 0 Å². The number of fused-ring (bicyclic) bond motifs is 1. The zero-order valence-electron chi connectivity index (χ0n) is 14.1. The molecule has 0 saturated carbocycles. The van der Waals surface area contributed by atoms with Crippen molar-refractivity contribution in [1.82, 2.24) is 9.55 Å². The Morgan fingerprint density at radius 2 is 1.96 bits per heavy atom. The van der Waals surface area contributed by atoms with Crippen LogP contribution in [-0.2, 0) is 6.54 Å². The molecule has 2 N–H and O–H groups in total. The van der Waals surface area contributed by atoms with Gasteiger partial charge in [-0.3, -0.25) is 0 Å². The highest BCUT2D eigenvalue weighted by Gasteiger charge is 2.22. The molecule has 5 heteroatoms. The summed E-state index contributed by atoms with van der Waals surface area (Å²) in [5, 5.41) is 0. The summed E-state index contributed by atoms with van der Waals surface area (Å²) in [5.41, 5.74) is 10.2. The van der Waals surface area contributed by atoms with Crippen LogP contribution in [0, 0.1) is 6.57 Å². The number of anilines is 1. The molecule has 4 rings (SSSR count). The number of imidazole rings is 1. The van der Waals surface area contributed by atoms with Gasteiger partial charge >= 0.3 is 0 Å². The van der Waals surface area contributed by atoms with Crippen molar-refractivity contribution in [3.63, 3.8) is 0 Å². The van der Waals surface area contributed by atoms with E-state index in [0.717, 1.165) is 55.0 Å². The number of nitrogens with zero attached hydrogens (tertiary/aromatic N) is 4.